The van der Waals surface area contributed by atoms with Crippen LogP contribution in [0.1, 0.15) is 40.0 Å². The van der Waals surface area contributed by atoms with Crippen LogP contribution in [0.3, 0.4) is 0 Å². The van der Waals surface area contributed by atoms with Crippen LogP contribution >= 0.6 is 0 Å². The molecule has 1 atom stereocenters. The van der Waals surface area contributed by atoms with E-state index in [0.29, 0.717) is 19.1 Å². The van der Waals surface area contributed by atoms with Gasteiger partial charge in [-0.1, -0.05) is 0 Å². The summed E-state index contributed by atoms with van der Waals surface area (Å²) < 4.78 is 5.05. The van der Waals surface area contributed by atoms with Crippen LogP contribution in [-0.2, 0) is 9.53 Å². The van der Waals surface area contributed by atoms with Crippen molar-refractivity contribution in [3.63, 3.8) is 0 Å². The largest absolute Gasteiger partial charge is 0.465 e. The predicted octanol–water partition coefficient (Wildman–Crippen LogP) is 1.14. The van der Waals surface area contributed by atoms with Gasteiger partial charge in [0.2, 0.25) is 0 Å². The zero-order valence-corrected chi connectivity index (χ0v) is 10.7. The van der Waals surface area contributed by atoms with Gasteiger partial charge in [-0.25, -0.2) is 0 Å². The molecule has 0 saturated carbocycles. The molecule has 0 aliphatic carbocycles. The highest BCUT2D eigenvalue weighted by atomic mass is 16.5. The van der Waals surface area contributed by atoms with Gasteiger partial charge in [0.1, 0.15) is 5.54 Å². The first kappa shape index (κ1) is 13.5. The van der Waals surface area contributed by atoms with Crippen molar-refractivity contribution in [3.8, 4) is 0 Å². The summed E-state index contributed by atoms with van der Waals surface area (Å²) in [6, 6.07) is 0.518. The van der Waals surface area contributed by atoms with Crippen molar-refractivity contribution in [1.29, 1.82) is 0 Å². The third-order valence-corrected chi connectivity index (χ3v) is 3.33. The van der Waals surface area contributed by atoms with Crippen LogP contribution in [0.25, 0.3) is 0 Å². The maximum absolute atomic E-state index is 11.8. The molecule has 0 spiro atoms. The molecule has 1 rings (SSSR count). The van der Waals surface area contributed by atoms with Gasteiger partial charge in [-0.3, -0.25) is 4.79 Å². The van der Waals surface area contributed by atoms with Crippen LogP contribution in [0.5, 0.6) is 0 Å². The van der Waals surface area contributed by atoms with E-state index in [0.717, 1.165) is 25.9 Å². The Balaban J connectivity index is 2.60. The first-order valence-electron chi connectivity index (χ1n) is 6.20. The summed E-state index contributed by atoms with van der Waals surface area (Å²) >= 11 is 0. The molecule has 1 aliphatic heterocycles. The zero-order chi connectivity index (χ0) is 12.2. The molecular formula is C12H24N2O2. The second-order valence-electron chi connectivity index (χ2n) is 4.86. The van der Waals surface area contributed by atoms with E-state index >= 15 is 0 Å². The number of rotatable bonds is 3. The van der Waals surface area contributed by atoms with Gasteiger partial charge in [0.25, 0.3) is 0 Å². The Morgan fingerprint density at radius 3 is 2.69 bits per heavy atom. The van der Waals surface area contributed by atoms with Crippen LogP contribution < -0.4 is 5.73 Å². The minimum Gasteiger partial charge on any atom is -0.465 e. The van der Waals surface area contributed by atoms with E-state index in [2.05, 4.69) is 18.7 Å². The summed E-state index contributed by atoms with van der Waals surface area (Å²) in [5, 5.41) is 0. The van der Waals surface area contributed by atoms with Crippen molar-refractivity contribution < 1.29 is 9.53 Å². The molecule has 0 amide bonds. The molecule has 16 heavy (non-hydrogen) atoms. The van der Waals surface area contributed by atoms with Gasteiger partial charge in [-0.15, -0.1) is 0 Å². The number of ether oxygens (including phenoxy) is 1. The van der Waals surface area contributed by atoms with Gasteiger partial charge in [-0.05, 0) is 46.6 Å². The highest BCUT2D eigenvalue weighted by Gasteiger charge is 2.37. The highest BCUT2D eigenvalue weighted by Crippen LogP contribution is 2.22. The zero-order valence-electron chi connectivity index (χ0n) is 10.7. The molecule has 0 aromatic heterocycles. The maximum atomic E-state index is 11.8. The lowest BCUT2D eigenvalue weighted by molar-refractivity contribution is -0.150. The highest BCUT2D eigenvalue weighted by molar-refractivity contribution is 5.80. The summed E-state index contributed by atoms with van der Waals surface area (Å²) in [7, 11) is 0. The fourth-order valence-electron chi connectivity index (χ4n) is 2.17. The van der Waals surface area contributed by atoms with Gasteiger partial charge in [-0.2, -0.15) is 0 Å². The molecule has 2 N–H and O–H groups in total. The normalized spacial score (nSPS) is 27.8. The second kappa shape index (κ2) is 5.64. The SMILES string of the molecule is CCOC(=O)C1(N)CCCN(C(C)C)CC1. The molecule has 4 heteroatoms. The standard InChI is InChI=1S/C12H24N2O2/c1-4-16-11(15)12(13)6-5-8-14(9-7-12)10(2)3/h10H,4-9,13H2,1-3H3. The van der Waals surface area contributed by atoms with Crippen LogP contribution in [-0.4, -0.2) is 42.1 Å². The summed E-state index contributed by atoms with van der Waals surface area (Å²) in [6.07, 6.45) is 2.40. The van der Waals surface area contributed by atoms with Crippen LogP contribution in [0.2, 0.25) is 0 Å². The topological polar surface area (TPSA) is 55.6 Å². The molecule has 4 nitrogen and oxygen atoms in total. The molecule has 1 unspecified atom stereocenters. The van der Waals surface area contributed by atoms with Gasteiger partial charge >= 0.3 is 5.97 Å². The Kier molecular flexibility index (Phi) is 4.74. The summed E-state index contributed by atoms with van der Waals surface area (Å²) in [4.78, 5) is 14.2. The molecule has 0 aromatic carbocycles. The van der Waals surface area contributed by atoms with Gasteiger partial charge < -0.3 is 15.4 Å². The van der Waals surface area contributed by atoms with E-state index in [-0.39, 0.29) is 5.97 Å². The van der Waals surface area contributed by atoms with Crippen molar-refractivity contribution in [3.05, 3.63) is 0 Å². The van der Waals surface area contributed by atoms with E-state index in [4.69, 9.17) is 10.5 Å². The summed E-state index contributed by atoms with van der Waals surface area (Å²) in [5.41, 5.74) is 5.39. The second-order valence-corrected chi connectivity index (χ2v) is 4.86. The lowest BCUT2D eigenvalue weighted by Gasteiger charge is -2.27. The van der Waals surface area contributed by atoms with Crippen molar-refractivity contribution in [2.75, 3.05) is 19.7 Å². The van der Waals surface area contributed by atoms with Gasteiger partial charge in [0.15, 0.2) is 0 Å². The van der Waals surface area contributed by atoms with Crippen molar-refractivity contribution in [2.45, 2.75) is 51.6 Å². The summed E-state index contributed by atoms with van der Waals surface area (Å²) in [5.74, 6) is -0.236. The Morgan fingerprint density at radius 1 is 1.44 bits per heavy atom. The number of nitrogens with zero attached hydrogens (tertiary/aromatic N) is 1. The minimum absolute atomic E-state index is 0.236. The lowest BCUT2D eigenvalue weighted by atomic mass is 9.92. The monoisotopic (exact) mass is 228 g/mol. The molecule has 0 aromatic rings. The van der Waals surface area contributed by atoms with Gasteiger partial charge in [0.05, 0.1) is 6.61 Å². The minimum atomic E-state index is -0.764. The molecule has 0 bridgehead atoms. The Hall–Kier alpha value is -0.610. The summed E-state index contributed by atoms with van der Waals surface area (Å²) in [6.45, 7) is 8.48. The lowest BCUT2D eigenvalue weighted by Crippen LogP contribution is -2.49. The Morgan fingerprint density at radius 2 is 2.12 bits per heavy atom. The maximum Gasteiger partial charge on any atom is 0.326 e. The number of hydrogen-bond acceptors (Lipinski definition) is 4. The average Bonchev–Trinajstić information content (AvgIpc) is 2.42. The number of carbonyl (C=O) groups is 1. The van der Waals surface area contributed by atoms with E-state index < -0.39 is 5.54 Å². The number of likely N-dealkylation sites (tertiary alicyclic amines) is 1. The van der Waals surface area contributed by atoms with E-state index in [1.165, 1.54) is 0 Å². The van der Waals surface area contributed by atoms with Crippen molar-refractivity contribution >= 4 is 5.97 Å². The van der Waals surface area contributed by atoms with E-state index in [1.54, 1.807) is 0 Å². The predicted molar refractivity (Wildman–Crippen MR) is 64.1 cm³/mol. The molecule has 1 fully saturated rings. The van der Waals surface area contributed by atoms with E-state index in [1.807, 2.05) is 6.92 Å². The molecule has 94 valence electrons. The average molecular weight is 228 g/mol. The number of nitrogens with two attached hydrogens (primary N) is 1. The van der Waals surface area contributed by atoms with Gasteiger partial charge in [0, 0.05) is 12.6 Å². The molecule has 1 aliphatic rings. The fourth-order valence-corrected chi connectivity index (χ4v) is 2.17. The van der Waals surface area contributed by atoms with Crippen LogP contribution in [0.15, 0.2) is 0 Å². The quantitative estimate of drug-likeness (QED) is 0.736. The van der Waals surface area contributed by atoms with Crippen LogP contribution in [0.4, 0.5) is 0 Å². The molecule has 0 radical (unpaired) electrons. The Bertz CT molecular complexity index is 243. The molecule has 1 saturated heterocycles. The Labute approximate surface area is 98.1 Å². The molecular weight excluding hydrogens is 204 g/mol. The fraction of sp³-hybridized carbons (Fsp3) is 0.917. The van der Waals surface area contributed by atoms with Crippen molar-refractivity contribution in [2.24, 2.45) is 5.73 Å². The van der Waals surface area contributed by atoms with Crippen molar-refractivity contribution in [1.82, 2.24) is 4.90 Å². The number of hydrogen-bond donors (Lipinski definition) is 1. The first-order valence-corrected chi connectivity index (χ1v) is 6.20. The molecule has 1 heterocycles. The van der Waals surface area contributed by atoms with E-state index in [9.17, 15) is 4.79 Å². The smallest absolute Gasteiger partial charge is 0.326 e. The first-order chi connectivity index (χ1) is 7.49. The number of carbonyl (C=O) groups excluding carboxylic acids is 1. The third-order valence-electron chi connectivity index (χ3n) is 3.33. The number of esters is 1. The third kappa shape index (κ3) is 3.19. The van der Waals surface area contributed by atoms with Crippen LogP contribution in [0, 0.1) is 0 Å².